The third-order valence-electron chi connectivity index (χ3n) is 5.96. The van der Waals surface area contributed by atoms with Gasteiger partial charge in [-0.2, -0.15) is 4.31 Å². The van der Waals surface area contributed by atoms with Crippen molar-refractivity contribution < 1.29 is 22.7 Å². The van der Waals surface area contributed by atoms with Crippen LogP contribution in [0.1, 0.15) is 30.1 Å². The number of hydrogen-bond acceptors (Lipinski definition) is 7. The topological polar surface area (TPSA) is 89.0 Å². The number of benzene rings is 2. The number of carbonyl (C=O) groups is 1. The Morgan fingerprint density at radius 2 is 1.92 bits per heavy atom. The molecule has 1 atom stereocenters. The van der Waals surface area contributed by atoms with Crippen molar-refractivity contribution in [1.29, 1.82) is 0 Å². The first-order valence-corrected chi connectivity index (χ1v) is 14.4. The van der Waals surface area contributed by atoms with Crippen molar-refractivity contribution in [2.24, 2.45) is 0 Å². The zero-order valence-electron chi connectivity index (χ0n) is 20.8. The summed E-state index contributed by atoms with van der Waals surface area (Å²) in [6, 6.07) is 11.7. The van der Waals surface area contributed by atoms with Crippen molar-refractivity contribution in [2.75, 3.05) is 37.7 Å². The van der Waals surface area contributed by atoms with E-state index < -0.39 is 10.0 Å². The third-order valence-corrected chi connectivity index (χ3v) is 8.85. The average molecular weight is 542 g/mol. The second-order valence-electron chi connectivity index (χ2n) is 8.51. The third kappa shape index (κ3) is 5.93. The zero-order valence-corrected chi connectivity index (χ0v) is 22.5. The van der Waals surface area contributed by atoms with E-state index in [4.69, 9.17) is 14.5 Å². The van der Waals surface area contributed by atoms with E-state index in [1.165, 1.54) is 52.1 Å². The first-order valence-electron chi connectivity index (χ1n) is 12.2. The van der Waals surface area contributed by atoms with Gasteiger partial charge in [-0.3, -0.25) is 9.69 Å². The number of carbonyl (C=O) groups excluding carboxylic acids is 1. The van der Waals surface area contributed by atoms with Gasteiger partial charge in [0.05, 0.1) is 28.9 Å². The summed E-state index contributed by atoms with van der Waals surface area (Å²) in [7, 11) is -3.76. The molecule has 10 heteroatoms. The van der Waals surface area contributed by atoms with Gasteiger partial charge in [-0.25, -0.2) is 13.4 Å². The first-order chi connectivity index (χ1) is 17.9. The van der Waals surface area contributed by atoms with Gasteiger partial charge in [-0.15, -0.1) is 13.2 Å². The Kier molecular flexibility index (Phi) is 8.75. The van der Waals surface area contributed by atoms with Gasteiger partial charge in [-0.05, 0) is 56.2 Å². The number of ether oxygens (including phenoxy) is 2. The van der Waals surface area contributed by atoms with Crippen molar-refractivity contribution in [3.05, 3.63) is 73.3 Å². The highest BCUT2D eigenvalue weighted by Gasteiger charge is 2.28. The van der Waals surface area contributed by atoms with Gasteiger partial charge < -0.3 is 9.47 Å². The van der Waals surface area contributed by atoms with E-state index in [0.717, 1.165) is 17.5 Å². The number of thiazole rings is 1. The number of anilines is 1. The smallest absolute Gasteiger partial charge is 0.260 e. The van der Waals surface area contributed by atoms with Crippen molar-refractivity contribution in [1.82, 2.24) is 9.29 Å². The van der Waals surface area contributed by atoms with Crippen LogP contribution in [-0.4, -0.2) is 62.6 Å². The van der Waals surface area contributed by atoms with E-state index in [0.29, 0.717) is 41.7 Å². The lowest BCUT2D eigenvalue weighted by Gasteiger charge is -2.23. The van der Waals surface area contributed by atoms with Crippen molar-refractivity contribution in [3.63, 3.8) is 0 Å². The van der Waals surface area contributed by atoms with Crippen molar-refractivity contribution in [3.8, 4) is 5.75 Å². The average Bonchev–Trinajstić information content (AvgIpc) is 3.57. The first kappa shape index (κ1) is 27.0. The number of para-hydroxylation sites is 1. The highest BCUT2D eigenvalue weighted by atomic mass is 32.2. The summed E-state index contributed by atoms with van der Waals surface area (Å²) in [6.45, 7) is 11.0. The van der Waals surface area contributed by atoms with Gasteiger partial charge >= 0.3 is 0 Å². The summed E-state index contributed by atoms with van der Waals surface area (Å²) in [5.41, 5.74) is 1.07. The van der Waals surface area contributed by atoms with Crippen LogP contribution in [0.2, 0.25) is 0 Å². The normalized spacial score (nSPS) is 15.7. The van der Waals surface area contributed by atoms with Crippen LogP contribution in [0.4, 0.5) is 5.13 Å². The summed E-state index contributed by atoms with van der Waals surface area (Å²) in [6.07, 6.45) is 4.76. The monoisotopic (exact) mass is 541 g/mol. The summed E-state index contributed by atoms with van der Waals surface area (Å²) in [4.78, 5) is 20.2. The highest BCUT2D eigenvalue weighted by molar-refractivity contribution is 7.89. The predicted molar refractivity (Wildman–Crippen MR) is 147 cm³/mol. The minimum Gasteiger partial charge on any atom is -0.492 e. The quantitative estimate of drug-likeness (QED) is 0.304. The molecule has 1 fully saturated rings. The molecule has 0 N–H and O–H groups in total. The molecule has 0 bridgehead atoms. The maximum absolute atomic E-state index is 13.7. The van der Waals surface area contributed by atoms with Gasteiger partial charge in [-0.1, -0.05) is 29.6 Å². The van der Waals surface area contributed by atoms with Crippen LogP contribution in [-0.2, 0) is 14.8 Å². The summed E-state index contributed by atoms with van der Waals surface area (Å²) in [5, 5.41) is 0.544. The standard InChI is InChI=1S/C27H31N3O5S2/c1-4-16-29(17-5-2)37(32,33)22-14-12-20(13-15-22)26(31)30(19-21-9-8-18-35-21)27-28-25-23(34-6-3)10-7-11-24(25)36-27/h4-5,7,10-15,21H,1-2,6,8-9,16-19H2,3H3. The molecule has 0 radical (unpaired) electrons. The molecule has 0 saturated carbocycles. The molecule has 1 aromatic heterocycles. The largest absolute Gasteiger partial charge is 0.492 e. The molecule has 2 heterocycles. The number of aromatic nitrogens is 1. The molecule has 2 aromatic carbocycles. The fourth-order valence-corrected chi connectivity index (χ4v) is 6.54. The molecular weight excluding hydrogens is 510 g/mol. The van der Waals surface area contributed by atoms with E-state index in [2.05, 4.69) is 13.2 Å². The molecule has 0 aliphatic carbocycles. The maximum atomic E-state index is 13.7. The highest BCUT2D eigenvalue weighted by Crippen LogP contribution is 2.35. The molecule has 196 valence electrons. The fraction of sp³-hybridized carbons (Fsp3) is 0.333. The zero-order chi connectivity index (χ0) is 26.4. The van der Waals surface area contributed by atoms with E-state index in [1.54, 1.807) is 4.90 Å². The number of sulfonamides is 1. The fourth-order valence-electron chi connectivity index (χ4n) is 4.17. The predicted octanol–water partition coefficient (Wildman–Crippen LogP) is 4.88. The Balaban J connectivity index is 1.66. The van der Waals surface area contributed by atoms with Crippen LogP contribution >= 0.6 is 11.3 Å². The number of amides is 1. The van der Waals surface area contributed by atoms with Crippen LogP contribution in [0.3, 0.4) is 0 Å². The van der Waals surface area contributed by atoms with Crippen molar-refractivity contribution >= 4 is 42.6 Å². The van der Waals surface area contributed by atoms with E-state index in [9.17, 15) is 13.2 Å². The Labute approximate surface area is 221 Å². The van der Waals surface area contributed by atoms with Gasteiger partial charge in [0.1, 0.15) is 11.3 Å². The molecule has 0 spiro atoms. The molecule has 3 aromatic rings. The maximum Gasteiger partial charge on any atom is 0.260 e. The Morgan fingerprint density at radius 1 is 1.19 bits per heavy atom. The molecule has 1 saturated heterocycles. The lowest BCUT2D eigenvalue weighted by atomic mass is 10.2. The minimum absolute atomic E-state index is 0.0895. The van der Waals surface area contributed by atoms with Gasteiger partial charge in [0.25, 0.3) is 5.91 Å². The van der Waals surface area contributed by atoms with Crippen LogP contribution < -0.4 is 9.64 Å². The number of nitrogens with zero attached hydrogens (tertiary/aromatic N) is 3. The van der Waals surface area contributed by atoms with Gasteiger partial charge in [0.2, 0.25) is 10.0 Å². The molecule has 8 nitrogen and oxygen atoms in total. The van der Waals surface area contributed by atoms with Gasteiger partial charge in [0, 0.05) is 25.3 Å². The van der Waals surface area contributed by atoms with Crippen molar-refractivity contribution in [2.45, 2.75) is 30.8 Å². The SMILES string of the molecule is C=CCN(CC=C)S(=O)(=O)c1ccc(C(=O)N(CC2CCCO2)c2nc3c(OCC)cccc3s2)cc1. The molecule has 1 unspecified atom stereocenters. The molecule has 1 aliphatic heterocycles. The summed E-state index contributed by atoms with van der Waals surface area (Å²) >= 11 is 1.41. The van der Waals surface area contributed by atoms with Gasteiger partial charge in [0.15, 0.2) is 5.13 Å². The summed E-state index contributed by atoms with van der Waals surface area (Å²) in [5.74, 6) is 0.399. The number of rotatable bonds is 12. The Morgan fingerprint density at radius 3 is 2.54 bits per heavy atom. The lowest BCUT2D eigenvalue weighted by molar-refractivity contribution is 0.0917. The van der Waals surface area contributed by atoms with E-state index in [-0.39, 0.29) is 30.0 Å². The Hall–Kier alpha value is -3.05. The molecule has 1 aliphatic rings. The number of fused-ring (bicyclic) bond motifs is 1. The van der Waals surface area contributed by atoms with E-state index in [1.807, 2.05) is 25.1 Å². The molecule has 37 heavy (non-hydrogen) atoms. The van der Waals surface area contributed by atoms with Crippen LogP contribution in [0.5, 0.6) is 5.75 Å². The van der Waals surface area contributed by atoms with E-state index >= 15 is 0 Å². The second-order valence-corrected chi connectivity index (χ2v) is 11.5. The second kappa shape index (κ2) is 12.0. The number of hydrogen-bond donors (Lipinski definition) is 0. The molecule has 4 rings (SSSR count). The Bertz CT molecular complexity index is 1350. The molecule has 1 amide bonds. The summed E-state index contributed by atoms with van der Waals surface area (Å²) < 4.78 is 39.9. The van der Waals surface area contributed by atoms with Crippen LogP contribution in [0.15, 0.2) is 72.7 Å². The van der Waals surface area contributed by atoms with Crippen LogP contribution in [0.25, 0.3) is 10.2 Å². The minimum atomic E-state index is -3.76. The lowest BCUT2D eigenvalue weighted by Crippen LogP contribution is -2.37. The molecular formula is C27H31N3O5S2. The van der Waals surface area contributed by atoms with Crippen LogP contribution in [0, 0.1) is 0 Å².